The first-order chi connectivity index (χ1) is 10.1. The number of carboxylic acids is 1. The molecule has 0 atom stereocenters. The molecule has 1 aromatic heterocycles. The van der Waals surface area contributed by atoms with E-state index in [4.69, 9.17) is 0 Å². The molecule has 2 N–H and O–H groups in total. The van der Waals surface area contributed by atoms with E-state index in [-0.39, 0.29) is 5.56 Å². The summed E-state index contributed by atoms with van der Waals surface area (Å²) in [6.07, 6.45) is 0. The molecule has 0 spiro atoms. The molecule has 0 aliphatic carbocycles. The maximum atomic E-state index is 11.4. The smallest absolute Gasteiger partial charge is 0.336 e. The number of fused-ring (bicyclic) bond motifs is 1. The molecule has 0 aliphatic rings. The molecule has 0 unspecified atom stereocenters. The Morgan fingerprint density at radius 1 is 1.10 bits per heavy atom. The van der Waals surface area contributed by atoms with Crippen LogP contribution in [0.15, 0.2) is 54.6 Å². The number of hydrogen-bond acceptors (Lipinski definition) is 3. The number of nitrogens with zero attached hydrogens (tertiary/aromatic N) is 1. The molecule has 0 aliphatic heterocycles. The highest BCUT2D eigenvalue weighted by Crippen LogP contribution is 2.25. The maximum Gasteiger partial charge on any atom is 0.336 e. The average molecular weight is 390 g/mol. The molecule has 1 heterocycles. The third kappa shape index (κ3) is 2.82. The highest BCUT2D eigenvalue weighted by molar-refractivity contribution is 14.1. The number of carbonyl (C=O) groups is 1. The highest BCUT2D eigenvalue weighted by Gasteiger charge is 2.12. The molecular formula is C16H11IN2O2. The van der Waals surface area contributed by atoms with Crippen molar-refractivity contribution in [2.75, 3.05) is 5.32 Å². The van der Waals surface area contributed by atoms with E-state index in [9.17, 15) is 9.90 Å². The minimum atomic E-state index is -0.959. The van der Waals surface area contributed by atoms with E-state index in [1.54, 1.807) is 12.1 Å². The fourth-order valence-corrected chi connectivity index (χ4v) is 2.64. The molecule has 0 bridgehead atoms. The number of benzene rings is 2. The van der Waals surface area contributed by atoms with Crippen LogP contribution in [-0.4, -0.2) is 16.1 Å². The van der Waals surface area contributed by atoms with Gasteiger partial charge in [-0.15, -0.1) is 0 Å². The number of aromatic nitrogens is 1. The van der Waals surface area contributed by atoms with Crippen molar-refractivity contribution in [1.82, 2.24) is 4.98 Å². The van der Waals surface area contributed by atoms with Crippen molar-refractivity contribution in [3.8, 4) is 0 Å². The monoisotopic (exact) mass is 390 g/mol. The van der Waals surface area contributed by atoms with Crippen molar-refractivity contribution in [3.63, 3.8) is 0 Å². The van der Waals surface area contributed by atoms with E-state index >= 15 is 0 Å². The third-order valence-electron chi connectivity index (χ3n) is 3.08. The lowest BCUT2D eigenvalue weighted by Gasteiger charge is -2.10. The van der Waals surface area contributed by atoms with Crippen LogP contribution >= 0.6 is 22.6 Å². The summed E-state index contributed by atoms with van der Waals surface area (Å²) in [5.41, 5.74) is 1.80. The third-order valence-corrected chi connectivity index (χ3v) is 4.02. The van der Waals surface area contributed by atoms with E-state index < -0.39 is 5.97 Å². The summed E-state index contributed by atoms with van der Waals surface area (Å²) in [6.45, 7) is 0. The second-order valence-corrected chi connectivity index (χ2v) is 5.64. The van der Waals surface area contributed by atoms with Gasteiger partial charge in [0.15, 0.2) is 0 Å². The molecule has 0 saturated carbocycles. The van der Waals surface area contributed by atoms with E-state index in [1.165, 1.54) is 0 Å². The fourth-order valence-electron chi connectivity index (χ4n) is 2.12. The summed E-state index contributed by atoms with van der Waals surface area (Å²) in [7, 11) is 0. The number of carboxylic acid groups (broad SMARTS) is 1. The Morgan fingerprint density at radius 2 is 1.81 bits per heavy atom. The van der Waals surface area contributed by atoms with Gasteiger partial charge in [0.2, 0.25) is 0 Å². The van der Waals surface area contributed by atoms with Gasteiger partial charge in [-0.05, 0) is 46.9 Å². The number of para-hydroxylation sites is 2. The maximum absolute atomic E-state index is 11.4. The van der Waals surface area contributed by atoms with Crippen LogP contribution in [0.3, 0.4) is 0 Å². The van der Waals surface area contributed by atoms with Gasteiger partial charge in [-0.25, -0.2) is 9.78 Å². The van der Waals surface area contributed by atoms with E-state index in [0.717, 1.165) is 9.26 Å². The minimum absolute atomic E-state index is 0.244. The van der Waals surface area contributed by atoms with Crippen LogP contribution in [0, 0.1) is 3.57 Å². The van der Waals surface area contributed by atoms with Gasteiger partial charge in [0.25, 0.3) is 0 Å². The second kappa shape index (κ2) is 5.69. The zero-order chi connectivity index (χ0) is 14.8. The van der Waals surface area contributed by atoms with Crippen molar-refractivity contribution in [3.05, 3.63) is 63.7 Å². The molecule has 0 radical (unpaired) electrons. The van der Waals surface area contributed by atoms with Crippen LogP contribution in [0.5, 0.6) is 0 Å². The van der Waals surface area contributed by atoms with Crippen molar-refractivity contribution >= 4 is 51.0 Å². The zero-order valence-electron chi connectivity index (χ0n) is 10.9. The summed E-state index contributed by atoms with van der Waals surface area (Å²) in [6, 6.07) is 16.6. The molecule has 0 saturated heterocycles. The molecule has 3 aromatic rings. The first-order valence-corrected chi connectivity index (χ1v) is 7.37. The number of nitrogens with one attached hydrogen (secondary N) is 1. The van der Waals surface area contributed by atoms with Crippen LogP contribution in [-0.2, 0) is 0 Å². The predicted octanol–water partition coefficient (Wildman–Crippen LogP) is 4.28. The van der Waals surface area contributed by atoms with Gasteiger partial charge in [0.05, 0.1) is 16.8 Å². The second-order valence-electron chi connectivity index (χ2n) is 4.48. The molecular weight excluding hydrogens is 379 g/mol. The number of rotatable bonds is 3. The lowest BCUT2D eigenvalue weighted by molar-refractivity contribution is 0.0699. The van der Waals surface area contributed by atoms with Gasteiger partial charge < -0.3 is 10.4 Å². The fraction of sp³-hybridized carbons (Fsp3) is 0. The van der Waals surface area contributed by atoms with Crippen molar-refractivity contribution in [2.45, 2.75) is 0 Å². The first kappa shape index (κ1) is 13.8. The quantitative estimate of drug-likeness (QED) is 0.656. The van der Waals surface area contributed by atoms with Crippen molar-refractivity contribution < 1.29 is 9.90 Å². The normalized spacial score (nSPS) is 10.5. The van der Waals surface area contributed by atoms with Gasteiger partial charge in [-0.2, -0.15) is 0 Å². The van der Waals surface area contributed by atoms with Gasteiger partial charge in [-0.3, -0.25) is 0 Å². The molecule has 5 heteroatoms. The Morgan fingerprint density at radius 3 is 2.57 bits per heavy atom. The first-order valence-electron chi connectivity index (χ1n) is 6.30. The van der Waals surface area contributed by atoms with E-state index in [2.05, 4.69) is 32.9 Å². The standard InChI is InChI=1S/C16H11IN2O2/c17-12-6-2-4-8-14(12)19-15-9-11(16(20)21)10-5-1-3-7-13(10)18-15/h1-9H,(H,18,19)(H,20,21). The van der Waals surface area contributed by atoms with Gasteiger partial charge >= 0.3 is 5.97 Å². The number of pyridine rings is 1. The van der Waals surface area contributed by atoms with Gasteiger partial charge in [0.1, 0.15) is 5.82 Å². The van der Waals surface area contributed by atoms with Crippen molar-refractivity contribution in [2.24, 2.45) is 0 Å². The van der Waals surface area contributed by atoms with E-state index in [0.29, 0.717) is 16.7 Å². The average Bonchev–Trinajstić information content (AvgIpc) is 2.48. The van der Waals surface area contributed by atoms with Gasteiger partial charge in [0, 0.05) is 8.96 Å². The zero-order valence-corrected chi connectivity index (χ0v) is 13.0. The molecule has 4 nitrogen and oxygen atoms in total. The molecule has 104 valence electrons. The Bertz CT molecular complexity index is 833. The molecule has 0 amide bonds. The Kier molecular flexibility index (Phi) is 3.74. The molecule has 3 rings (SSSR count). The van der Waals surface area contributed by atoms with Crippen LogP contribution in [0.2, 0.25) is 0 Å². The Balaban J connectivity index is 2.11. The highest BCUT2D eigenvalue weighted by atomic mass is 127. The summed E-state index contributed by atoms with van der Waals surface area (Å²) in [4.78, 5) is 15.9. The molecule has 0 fully saturated rings. The number of aromatic carboxylic acids is 1. The summed E-state index contributed by atoms with van der Waals surface area (Å²) in [5.74, 6) is -0.436. The van der Waals surface area contributed by atoms with Crippen molar-refractivity contribution in [1.29, 1.82) is 0 Å². The predicted molar refractivity (Wildman–Crippen MR) is 91.1 cm³/mol. The van der Waals surface area contributed by atoms with Crippen LogP contribution in [0.4, 0.5) is 11.5 Å². The summed E-state index contributed by atoms with van der Waals surface area (Å²) in [5, 5.41) is 13.2. The Hall–Kier alpha value is -2.15. The van der Waals surface area contributed by atoms with Gasteiger partial charge in [-0.1, -0.05) is 30.3 Å². The lowest BCUT2D eigenvalue weighted by atomic mass is 10.1. The number of anilines is 2. The summed E-state index contributed by atoms with van der Waals surface area (Å²) < 4.78 is 1.04. The molecule has 2 aromatic carbocycles. The topological polar surface area (TPSA) is 62.2 Å². The van der Waals surface area contributed by atoms with Crippen LogP contribution in [0.1, 0.15) is 10.4 Å². The summed E-state index contributed by atoms with van der Waals surface area (Å²) >= 11 is 2.22. The van der Waals surface area contributed by atoms with Crippen LogP contribution in [0.25, 0.3) is 10.9 Å². The number of hydrogen-bond donors (Lipinski definition) is 2. The van der Waals surface area contributed by atoms with E-state index in [1.807, 2.05) is 42.5 Å². The Labute approximate surface area is 135 Å². The number of halogens is 1. The largest absolute Gasteiger partial charge is 0.478 e. The lowest BCUT2D eigenvalue weighted by Crippen LogP contribution is -2.02. The SMILES string of the molecule is O=C(O)c1cc(Nc2ccccc2I)nc2ccccc12. The molecule has 21 heavy (non-hydrogen) atoms. The minimum Gasteiger partial charge on any atom is -0.478 e. The van der Waals surface area contributed by atoms with Crippen LogP contribution < -0.4 is 5.32 Å².